The van der Waals surface area contributed by atoms with Crippen LogP contribution in [0.15, 0.2) is 54.1 Å². The zero-order valence-electron chi connectivity index (χ0n) is 20.7. The Morgan fingerprint density at radius 1 is 0.842 bits per heavy atom. The zero-order chi connectivity index (χ0) is 27.9. The van der Waals surface area contributed by atoms with Gasteiger partial charge in [-0.15, -0.1) is 0 Å². The van der Waals surface area contributed by atoms with Gasteiger partial charge in [-0.2, -0.15) is 0 Å². The topological polar surface area (TPSA) is 158 Å². The molecule has 13 heteroatoms. The van der Waals surface area contributed by atoms with Crippen LogP contribution >= 0.6 is 0 Å². The highest BCUT2D eigenvalue weighted by Crippen LogP contribution is 2.35. The fourth-order valence-corrected chi connectivity index (χ4v) is 4.10. The number of carbonyl (C=O) groups is 3. The van der Waals surface area contributed by atoms with Gasteiger partial charge >= 0.3 is 11.7 Å². The lowest BCUT2D eigenvalue weighted by Gasteiger charge is -2.28. The molecule has 0 bridgehead atoms. The van der Waals surface area contributed by atoms with Gasteiger partial charge in [-0.25, -0.2) is 4.79 Å². The quantitative estimate of drug-likeness (QED) is 0.203. The number of nitro benzene ring substituents is 2. The molecule has 4 rings (SSSR count). The van der Waals surface area contributed by atoms with Crippen LogP contribution in [0.4, 0.5) is 16.2 Å². The first kappa shape index (κ1) is 25.8. The minimum absolute atomic E-state index is 0.136. The van der Waals surface area contributed by atoms with Gasteiger partial charge in [0.25, 0.3) is 17.5 Å². The number of hydrogen-bond donors (Lipinski definition) is 0. The van der Waals surface area contributed by atoms with Crippen molar-refractivity contribution in [3.8, 4) is 17.2 Å². The van der Waals surface area contributed by atoms with Gasteiger partial charge < -0.3 is 9.30 Å². The molecular formula is C25H21N5O8. The zero-order valence-corrected chi connectivity index (χ0v) is 20.7. The van der Waals surface area contributed by atoms with E-state index in [-0.39, 0.29) is 17.1 Å². The molecule has 3 aromatic rings. The molecule has 1 aliphatic heterocycles. The summed E-state index contributed by atoms with van der Waals surface area (Å²) in [5.41, 5.74) is 1.73. The Labute approximate surface area is 215 Å². The highest BCUT2D eigenvalue weighted by molar-refractivity contribution is 6.30. The van der Waals surface area contributed by atoms with Crippen molar-refractivity contribution in [3.05, 3.63) is 91.3 Å². The summed E-state index contributed by atoms with van der Waals surface area (Å²) in [6, 6.07) is 10.8. The molecule has 1 fully saturated rings. The van der Waals surface area contributed by atoms with Crippen molar-refractivity contribution in [1.82, 2.24) is 14.4 Å². The number of benzene rings is 2. The van der Waals surface area contributed by atoms with Crippen LogP contribution in [0.3, 0.4) is 0 Å². The standard InChI is InChI=1S/C25H21N5O8/c1-14-11-16(12-20-23(31)26(3)25(33)27(4)24(20)32)15(2)28(14)17-5-8-19(9-6-17)38-22-10-7-18(29(34)35)13-21(22)30(36)37/h5-13H,1-4H3. The van der Waals surface area contributed by atoms with Crippen LogP contribution in [0.25, 0.3) is 11.8 Å². The summed E-state index contributed by atoms with van der Waals surface area (Å²) in [5, 5.41) is 22.3. The van der Waals surface area contributed by atoms with Crippen molar-refractivity contribution in [2.75, 3.05) is 14.1 Å². The molecule has 1 saturated heterocycles. The Hall–Kier alpha value is -5.33. The number of non-ortho nitro benzene ring substituents is 1. The number of urea groups is 1. The highest BCUT2D eigenvalue weighted by Gasteiger charge is 2.38. The van der Waals surface area contributed by atoms with Gasteiger partial charge in [0.1, 0.15) is 11.3 Å². The molecular weight excluding hydrogens is 498 g/mol. The molecule has 0 saturated carbocycles. The van der Waals surface area contributed by atoms with E-state index in [2.05, 4.69) is 0 Å². The fourth-order valence-electron chi connectivity index (χ4n) is 4.10. The molecule has 1 aliphatic rings. The number of aryl methyl sites for hydroxylation is 1. The summed E-state index contributed by atoms with van der Waals surface area (Å²) in [6.07, 6.45) is 1.45. The number of amides is 4. The second kappa shape index (κ2) is 9.61. The predicted molar refractivity (Wildman–Crippen MR) is 134 cm³/mol. The van der Waals surface area contributed by atoms with E-state index in [1.807, 2.05) is 11.5 Å². The average molecular weight is 519 g/mol. The molecule has 0 radical (unpaired) electrons. The first-order chi connectivity index (χ1) is 17.9. The van der Waals surface area contributed by atoms with Gasteiger partial charge in [0, 0.05) is 37.2 Å². The number of barbiturate groups is 1. The van der Waals surface area contributed by atoms with E-state index in [4.69, 9.17) is 4.74 Å². The molecule has 0 atom stereocenters. The summed E-state index contributed by atoms with van der Waals surface area (Å²) in [4.78, 5) is 59.7. The van der Waals surface area contributed by atoms with E-state index in [1.165, 1.54) is 26.2 Å². The Morgan fingerprint density at radius 2 is 1.45 bits per heavy atom. The van der Waals surface area contributed by atoms with Crippen molar-refractivity contribution >= 4 is 35.3 Å². The van der Waals surface area contributed by atoms with Gasteiger partial charge in [0.05, 0.1) is 15.9 Å². The lowest BCUT2D eigenvalue weighted by Crippen LogP contribution is -2.52. The summed E-state index contributed by atoms with van der Waals surface area (Å²) < 4.78 is 7.50. The van der Waals surface area contributed by atoms with Gasteiger partial charge in [0.2, 0.25) is 5.75 Å². The van der Waals surface area contributed by atoms with Crippen LogP contribution in [0.2, 0.25) is 0 Å². The molecule has 1 aromatic heterocycles. The number of nitrogens with zero attached hydrogens (tertiary/aromatic N) is 5. The normalized spacial score (nSPS) is 13.7. The van der Waals surface area contributed by atoms with Gasteiger partial charge in [0.15, 0.2) is 0 Å². The van der Waals surface area contributed by atoms with E-state index in [1.54, 1.807) is 37.3 Å². The summed E-state index contributed by atoms with van der Waals surface area (Å²) in [5.74, 6) is -1.26. The number of nitro groups is 2. The number of aromatic nitrogens is 1. The number of ether oxygens (including phenoxy) is 1. The Kier molecular flexibility index (Phi) is 6.51. The summed E-state index contributed by atoms with van der Waals surface area (Å²) >= 11 is 0. The van der Waals surface area contributed by atoms with Crippen LogP contribution in [0, 0.1) is 34.1 Å². The monoisotopic (exact) mass is 519 g/mol. The molecule has 0 aliphatic carbocycles. The molecule has 0 unspecified atom stereocenters. The third-order valence-electron chi connectivity index (χ3n) is 6.09. The molecule has 4 amide bonds. The average Bonchev–Trinajstić information content (AvgIpc) is 3.17. The Balaban J connectivity index is 1.64. The van der Waals surface area contributed by atoms with Crippen LogP contribution < -0.4 is 4.74 Å². The summed E-state index contributed by atoms with van der Waals surface area (Å²) in [7, 11) is 2.61. The van der Waals surface area contributed by atoms with Crippen LogP contribution in [0.5, 0.6) is 11.5 Å². The lowest BCUT2D eigenvalue weighted by molar-refractivity contribution is -0.394. The number of carbonyl (C=O) groups excluding carboxylic acids is 3. The van der Waals surface area contributed by atoms with Crippen molar-refractivity contribution < 1.29 is 29.0 Å². The van der Waals surface area contributed by atoms with E-state index in [9.17, 15) is 34.6 Å². The van der Waals surface area contributed by atoms with Crippen molar-refractivity contribution in [1.29, 1.82) is 0 Å². The van der Waals surface area contributed by atoms with Gasteiger partial charge in [-0.1, -0.05) is 0 Å². The maximum atomic E-state index is 12.6. The second-order valence-corrected chi connectivity index (χ2v) is 8.49. The van der Waals surface area contributed by atoms with E-state index in [0.29, 0.717) is 11.3 Å². The third-order valence-corrected chi connectivity index (χ3v) is 6.09. The number of imide groups is 2. The van der Waals surface area contributed by atoms with E-state index in [0.717, 1.165) is 33.3 Å². The first-order valence-electron chi connectivity index (χ1n) is 11.1. The lowest BCUT2D eigenvalue weighted by atomic mass is 10.1. The highest BCUT2D eigenvalue weighted by atomic mass is 16.6. The largest absolute Gasteiger partial charge is 0.450 e. The van der Waals surface area contributed by atoms with E-state index < -0.39 is 39.1 Å². The molecule has 2 aromatic carbocycles. The first-order valence-corrected chi connectivity index (χ1v) is 11.1. The van der Waals surface area contributed by atoms with Crippen molar-refractivity contribution in [2.45, 2.75) is 13.8 Å². The predicted octanol–water partition coefficient (Wildman–Crippen LogP) is 4.14. The Bertz CT molecular complexity index is 1530. The Morgan fingerprint density at radius 3 is 2.00 bits per heavy atom. The van der Waals surface area contributed by atoms with Gasteiger partial charge in [-0.05, 0) is 61.9 Å². The maximum absolute atomic E-state index is 12.6. The minimum Gasteiger partial charge on any atom is -0.450 e. The molecule has 0 spiro atoms. The molecule has 38 heavy (non-hydrogen) atoms. The molecule has 2 heterocycles. The van der Waals surface area contributed by atoms with Gasteiger partial charge in [-0.3, -0.25) is 39.6 Å². The van der Waals surface area contributed by atoms with Crippen LogP contribution in [-0.4, -0.2) is 56.2 Å². The molecule has 13 nitrogen and oxygen atoms in total. The van der Waals surface area contributed by atoms with Crippen molar-refractivity contribution in [3.63, 3.8) is 0 Å². The molecule has 0 N–H and O–H groups in total. The fraction of sp³-hybridized carbons (Fsp3) is 0.160. The molecule has 194 valence electrons. The van der Waals surface area contributed by atoms with Crippen molar-refractivity contribution in [2.24, 2.45) is 0 Å². The number of likely N-dealkylation sites (N-methyl/N-ethyl adjacent to an activating group) is 2. The summed E-state index contributed by atoms with van der Waals surface area (Å²) in [6.45, 7) is 3.65. The van der Waals surface area contributed by atoms with Crippen LogP contribution in [-0.2, 0) is 9.59 Å². The maximum Gasteiger partial charge on any atom is 0.333 e. The van der Waals surface area contributed by atoms with E-state index >= 15 is 0 Å². The second-order valence-electron chi connectivity index (χ2n) is 8.49. The van der Waals surface area contributed by atoms with Crippen LogP contribution in [0.1, 0.15) is 17.0 Å². The minimum atomic E-state index is -0.757. The third kappa shape index (κ3) is 4.48. The number of rotatable bonds is 6. The SMILES string of the molecule is Cc1cc(C=C2C(=O)N(C)C(=O)N(C)C2=O)c(C)n1-c1ccc(Oc2ccc([N+](=O)[O-])cc2[N+](=O)[O-])cc1. The number of hydrogen-bond acceptors (Lipinski definition) is 8. The smallest absolute Gasteiger partial charge is 0.333 e.